The number of likely N-dealkylation sites (tertiary alicyclic amines) is 1. The smallest absolute Gasteiger partial charge is 0.254 e. The van der Waals surface area contributed by atoms with Gasteiger partial charge in [0.15, 0.2) is 0 Å². The number of carbonyl (C=O) groups excluding carboxylic acids is 1. The van der Waals surface area contributed by atoms with Gasteiger partial charge >= 0.3 is 0 Å². The molecule has 0 spiro atoms. The van der Waals surface area contributed by atoms with Crippen molar-refractivity contribution < 1.29 is 9.90 Å². The number of rotatable bonds is 3. The molecule has 1 aromatic heterocycles. The van der Waals surface area contributed by atoms with Crippen molar-refractivity contribution in [1.29, 1.82) is 0 Å². The Labute approximate surface area is 123 Å². The highest BCUT2D eigenvalue weighted by Crippen LogP contribution is 2.25. The zero-order valence-electron chi connectivity index (χ0n) is 12.0. The molecule has 2 heterocycles. The molecule has 1 aliphatic rings. The number of aliphatic hydroxyl groups excluding tert-OH is 1. The Hall–Kier alpha value is -2.14. The molecule has 1 aromatic carbocycles. The van der Waals surface area contributed by atoms with Crippen molar-refractivity contribution in [1.82, 2.24) is 14.7 Å². The Bertz CT molecular complexity index is 607. The molecule has 1 N–H and O–H groups in total. The van der Waals surface area contributed by atoms with Crippen molar-refractivity contribution in [3.05, 3.63) is 48.3 Å². The van der Waals surface area contributed by atoms with E-state index < -0.39 is 0 Å². The number of hydrogen-bond donors (Lipinski definition) is 1. The first-order valence-electron chi connectivity index (χ1n) is 7.22. The molecular weight excluding hydrogens is 266 g/mol. The molecule has 2 atom stereocenters. The van der Waals surface area contributed by atoms with Crippen molar-refractivity contribution in [2.45, 2.75) is 19.4 Å². The number of carbonyl (C=O) groups is 1. The van der Waals surface area contributed by atoms with Gasteiger partial charge < -0.3 is 10.0 Å². The van der Waals surface area contributed by atoms with Gasteiger partial charge in [0, 0.05) is 24.5 Å². The average molecular weight is 285 g/mol. The van der Waals surface area contributed by atoms with Gasteiger partial charge in [0.25, 0.3) is 5.91 Å². The molecule has 2 aromatic rings. The number of amides is 1. The summed E-state index contributed by atoms with van der Waals surface area (Å²) in [5.41, 5.74) is 1.57. The van der Waals surface area contributed by atoms with E-state index in [2.05, 4.69) is 12.0 Å². The second-order valence-electron chi connectivity index (χ2n) is 5.51. The Morgan fingerprint density at radius 2 is 2.14 bits per heavy atom. The fourth-order valence-corrected chi connectivity index (χ4v) is 2.88. The van der Waals surface area contributed by atoms with Crippen LogP contribution < -0.4 is 0 Å². The van der Waals surface area contributed by atoms with Crippen molar-refractivity contribution in [2.24, 2.45) is 5.92 Å². The maximum Gasteiger partial charge on any atom is 0.254 e. The summed E-state index contributed by atoms with van der Waals surface area (Å²) in [6.07, 6.45) is 4.53. The van der Waals surface area contributed by atoms with E-state index in [1.54, 1.807) is 15.8 Å². The Morgan fingerprint density at radius 3 is 2.76 bits per heavy atom. The Morgan fingerprint density at radius 1 is 1.38 bits per heavy atom. The first kappa shape index (κ1) is 13.8. The van der Waals surface area contributed by atoms with Gasteiger partial charge in [0.1, 0.15) is 0 Å². The van der Waals surface area contributed by atoms with Crippen LogP contribution in [0.5, 0.6) is 0 Å². The van der Waals surface area contributed by atoms with Crippen LogP contribution in [0, 0.1) is 5.92 Å². The lowest BCUT2D eigenvalue weighted by atomic mass is 10.0. The topological polar surface area (TPSA) is 58.4 Å². The third-order valence-electron chi connectivity index (χ3n) is 4.21. The molecule has 0 radical (unpaired) electrons. The molecule has 110 valence electrons. The third-order valence-corrected chi connectivity index (χ3v) is 4.21. The van der Waals surface area contributed by atoms with Gasteiger partial charge in [-0.05, 0) is 42.7 Å². The minimum atomic E-state index is -0.0664. The molecule has 5 heteroatoms. The monoisotopic (exact) mass is 285 g/mol. The minimum Gasteiger partial charge on any atom is -0.394 e. The van der Waals surface area contributed by atoms with Crippen LogP contribution in [0.4, 0.5) is 0 Å². The molecule has 1 saturated heterocycles. The lowest BCUT2D eigenvalue weighted by Crippen LogP contribution is -2.39. The van der Waals surface area contributed by atoms with Crippen LogP contribution >= 0.6 is 0 Å². The number of nitrogens with zero attached hydrogens (tertiary/aromatic N) is 3. The standard InChI is InChI=1S/C16H19N3O2/c1-12-7-10-18(15(12)11-20)16(21)13-3-5-14(6-4-13)19-9-2-8-17-19/h2-6,8-9,12,15,20H,7,10-11H2,1H3. The fraction of sp³-hybridized carbons (Fsp3) is 0.375. The van der Waals surface area contributed by atoms with Gasteiger partial charge in [0.2, 0.25) is 0 Å². The van der Waals surface area contributed by atoms with E-state index in [9.17, 15) is 9.90 Å². The van der Waals surface area contributed by atoms with Crippen LogP contribution in [-0.4, -0.2) is 44.9 Å². The average Bonchev–Trinajstić information content (AvgIpc) is 3.16. The first-order chi connectivity index (χ1) is 10.2. The van der Waals surface area contributed by atoms with Gasteiger partial charge in [-0.25, -0.2) is 4.68 Å². The number of benzene rings is 1. The van der Waals surface area contributed by atoms with Gasteiger partial charge in [0.05, 0.1) is 18.3 Å². The van der Waals surface area contributed by atoms with Gasteiger partial charge in [-0.1, -0.05) is 6.92 Å². The second kappa shape index (κ2) is 5.69. The van der Waals surface area contributed by atoms with E-state index >= 15 is 0 Å². The molecule has 1 amide bonds. The molecule has 0 saturated carbocycles. The van der Waals surface area contributed by atoms with E-state index in [1.165, 1.54) is 0 Å². The summed E-state index contributed by atoms with van der Waals surface area (Å²) < 4.78 is 1.75. The molecular formula is C16H19N3O2. The molecule has 0 aliphatic carbocycles. The lowest BCUT2D eigenvalue weighted by molar-refractivity contribution is 0.0648. The number of aromatic nitrogens is 2. The Kier molecular flexibility index (Phi) is 3.75. The molecule has 1 aliphatic heterocycles. The highest BCUT2D eigenvalue weighted by Gasteiger charge is 2.34. The zero-order chi connectivity index (χ0) is 14.8. The first-order valence-corrected chi connectivity index (χ1v) is 7.22. The van der Waals surface area contributed by atoms with Crippen LogP contribution in [0.2, 0.25) is 0 Å². The molecule has 1 fully saturated rings. The normalized spacial score (nSPS) is 21.7. The molecule has 21 heavy (non-hydrogen) atoms. The maximum atomic E-state index is 12.6. The van der Waals surface area contributed by atoms with Crippen molar-refractivity contribution in [3.63, 3.8) is 0 Å². The van der Waals surface area contributed by atoms with Gasteiger partial charge in [-0.3, -0.25) is 4.79 Å². The van der Waals surface area contributed by atoms with E-state index in [0.717, 1.165) is 12.1 Å². The Balaban J connectivity index is 1.79. The summed E-state index contributed by atoms with van der Waals surface area (Å²) in [7, 11) is 0. The number of hydrogen-bond acceptors (Lipinski definition) is 3. The molecule has 2 unspecified atom stereocenters. The largest absolute Gasteiger partial charge is 0.394 e. The van der Waals surface area contributed by atoms with Crippen LogP contribution in [0.15, 0.2) is 42.7 Å². The fourth-order valence-electron chi connectivity index (χ4n) is 2.88. The summed E-state index contributed by atoms with van der Waals surface area (Å²) >= 11 is 0. The van der Waals surface area contributed by atoms with E-state index in [-0.39, 0.29) is 18.6 Å². The summed E-state index contributed by atoms with van der Waals surface area (Å²) in [4.78, 5) is 14.3. The van der Waals surface area contributed by atoms with E-state index in [1.807, 2.05) is 36.5 Å². The minimum absolute atomic E-state index is 0.00887. The van der Waals surface area contributed by atoms with Gasteiger partial charge in [-0.2, -0.15) is 5.10 Å². The number of aliphatic hydroxyl groups is 1. The van der Waals surface area contributed by atoms with E-state index in [4.69, 9.17) is 0 Å². The van der Waals surface area contributed by atoms with Crippen molar-refractivity contribution in [2.75, 3.05) is 13.2 Å². The lowest BCUT2D eigenvalue weighted by Gasteiger charge is -2.25. The second-order valence-corrected chi connectivity index (χ2v) is 5.51. The van der Waals surface area contributed by atoms with Crippen LogP contribution in [0.1, 0.15) is 23.7 Å². The molecule has 3 rings (SSSR count). The van der Waals surface area contributed by atoms with Crippen LogP contribution in [0.25, 0.3) is 5.69 Å². The third kappa shape index (κ3) is 2.56. The summed E-state index contributed by atoms with van der Waals surface area (Å²) in [5, 5.41) is 13.6. The predicted octanol–water partition coefficient (Wildman–Crippen LogP) is 1.72. The van der Waals surface area contributed by atoms with E-state index in [0.29, 0.717) is 18.0 Å². The summed E-state index contributed by atoms with van der Waals surface area (Å²) in [5.74, 6) is 0.340. The molecule has 5 nitrogen and oxygen atoms in total. The van der Waals surface area contributed by atoms with Crippen molar-refractivity contribution >= 4 is 5.91 Å². The van der Waals surface area contributed by atoms with Crippen LogP contribution in [-0.2, 0) is 0 Å². The van der Waals surface area contributed by atoms with Gasteiger partial charge in [-0.15, -0.1) is 0 Å². The zero-order valence-corrected chi connectivity index (χ0v) is 12.0. The van der Waals surface area contributed by atoms with Crippen molar-refractivity contribution in [3.8, 4) is 5.69 Å². The quantitative estimate of drug-likeness (QED) is 0.934. The molecule has 0 bridgehead atoms. The highest BCUT2D eigenvalue weighted by atomic mass is 16.3. The summed E-state index contributed by atoms with van der Waals surface area (Å²) in [6.45, 7) is 2.82. The maximum absolute atomic E-state index is 12.6. The predicted molar refractivity (Wildman–Crippen MR) is 79.3 cm³/mol. The SMILES string of the molecule is CC1CCN(C(=O)c2ccc(-n3cccn3)cc2)C1CO. The highest BCUT2D eigenvalue weighted by molar-refractivity contribution is 5.94. The van der Waals surface area contributed by atoms with Crippen LogP contribution in [0.3, 0.4) is 0 Å². The summed E-state index contributed by atoms with van der Waals surface area (Å²) in [6, 6.07) is 9.19.